The molecule has 0 saturated carbocycles. The average molecular weight is 1050 g/mol. The third-order valence-corrected chi connectivity index (χ3v) is 11.5. The molecule has 0 aliphatic carbocycles. The number of amides is 11. The number of imide groups is 1. The fraction of sp³-hybridized carbons (Fsp3) is 0.340. The Morgan fingerprint density at radius 3 is 1.92 bits per heavy atom. The lowest BCUT2D eigenvalue weighted by Crippen LogP contribution is -2.54. The average Bonchev–Trinajstić information content (AvgIpc) is 3.72. The molecule has 0 bridgehead atoms. The lowest BCUT2D eigenvalue weighted by atomic mass is 10.0. The number of alkyl carbamates (subject to hydrolysis) is 1. The molecule has 2 atom stereocenters. The van der Waals surface area contributed by atoms with Crippen molar-refractivity contribution < 1.29 is 57.4 Å². The van der Waals surface area contributed by atoms with E-state index in [4.69, 9.17) is 15.2 Å². The number of urea groups is 1. The van der Waals surface area contributed by atoms with Crippen molar-refractivity contribution in [1.82, 2.24) is 36.5 Å². The number of rotatable bonds is 28. The van der Waals surface area contributed by atoms with E-state index in [2.05, 4.69) is 47.5 Å². The van der Waals surface area contributed by atoms with Crippen LogP contribution in [-0.2, 0) is 58.0 Å². The molecule has 4 aromatic rings. The number of ether oxygens (including phenoxy) is 2. The lowest BCUT2D eigenvalue weighted by molar-refractivity contribution is -0.137. The minimum absolute atomic E-state index is 0.0680. The SMILES string of the molecule is CC(C)C(NC(=O)CCCCCC(=O)NCCN1C(=O)C=CC1=O)C(=O)N[C@@H](CCCNC(N)=O)C(=O)Nc1ccc(COC(=O)Nc2ccccc2NC(=O)c2ccc(CNC(=O)OCc3cccnc3)cc2)cc1. The van der Waals surface area contributed by atoms with Crippen molar-refractivity contribution in [3.63, 3.8) is 0 Å². The number of nitrogens with one attached hydrogen (secondary N) is 8. The second-order valence-electron chi connectivity index (χ2n) is 17.7. The first kappa shape index (κ1) is 57.7. The van der Waals surface area contributed by atoms with Crippen LogP contribution in [0.15, 0.2) is 109 Å². The normalized spacial score (nSPS) is 12.4. The van der Waals surface area contributed by atoms with Gasteiger partial charge in [-0.05, 0) is 85.2 Å². The van der Waals surface area contributed by atoms with Crippen molar-refractivity contribution in [3.05, 3.63) is 132 Å². The number of pyridine rings is 1. The standard InChI is InChI=1S/C53H63N11O12/c1-34(2)47(63-44(66)15-5-3-4-14-43(65)56-28-29-64-45(67)24-25-46(64)68)50(71)61-42(13-9-27-57-51(54)72)49(70)59-39-22-18-36(19-23-39)32-76-53(74)62-41-12-7-6-11-40(41)60-48(69)38-20-16-35(17-21-38)31-58-52(73)75-33-37-10-8-26-55-30-37/h6-8,10-12,16-26,30,34,42,47H,3-5,9,13-15,27-29,31-33H2,1-2H3,(H,56,65)(H,58,73)(H,59,70)(H,60,69)(H,61,71)(H,62,74)(H,63,66)(H3,54,57,72)/t42-,47?/m0/s1. The van der Waals surface area contributed by atoms with E-state index >= 15 is 0 Å². The Bertz CT molecular complexity index is 2680. The van der Waals surface area contributed by atoms with Gasteiger partial charge in [0.25, 0.3) is 17.7 Å². The van der Waals surface area contributed by atoms with Gasteiger partial charge in [0.15, 0.2) is 0 Å². The maximum Gasteiger partial charge on any atom is 0.412 e. The molecule has 1 aliphatic heterocycles. The lowest BCUT2D eigenvalue weighted by Gasteiger charge is -2.25. The van der Waals surface area contributed by atoms with Crippen molar-refractivity contribution in [3.8, 4) is 0 Å². The summed E-state index contributed by atoms with van der Waals surface area (Å²) in [5.41, 5.74) is 8.52. The van der Waals surface area contributed by atoms with Crippen LogP contribution in [0, 0.1) is 5.92 Å². The predicted octanol–water partition coefficient (Wildman–Crippen LogP) is 4.51. The van der Waals surface area contributed by atoms with Crippen LogP contribution < -0.4 is 48.3 Å². The summed E-state index contributed by atoms with van der Waals surface area (Å²) in [7, 11) is 0. The molecule has 402 valence electrons. The zero-order valence-electron chi connectivity index (χ0n) is 42.2. The molecule has 0 fully saturated rings. The summed E-state index contributed by atoms with van der Waals surface area (Å²) in [4.78, 5) is 130. The molecule has 10 N–H and O–H groups in total. The van der Waals surface area contributed by atoms with E-state index < -0.39 is 59.8 Å². The van der Waals surface area contributed by atoms with E-state index in [9.17, 15) is 47.9 Å². The molecular weight excluding hydrogens is 983 g/mol. The van der Waals surface area contributed by atoms with Crippen LogP contribution in [0.3, 0.4) is 0 Å². The first-order chi connectivity index (χ1) is 36.5. The third-order valence-electron chi connectivity index (χ3n) is 11.5. The van der Waals surface area contributed by atoms with Crippen molar-refractivity contribution in [1.29, 1.82) is 0 Å². The Balaban J connectivity index is 1.04. The number of nitrogens with two attached hydrogens (primary N) is 1. The third kappa shape index (κ3) is 20.0. The molecule has 2 heterocycles. The number of para-hydroxylation sites is 2. The van der Waals surface area contributed by atoms with E-state index in [1.54, 1.807) is 111 Å². The molecule has 3 aromatic carbocycles. The van der Waals surface area contributed by atoms with E-state index in [-0.39, 0.29) is 88.5 Å². The first-order valence-electron chi connectivity index (χ1n) is 24.6. The molecule has 0 saturated heterocycles. The smallest absolute Gasteiger partial charge is 0.412 e. The second-order valence-corrected chi connectivity index (χ2v) is 17.7. The monoisotopic (exact) mass is 1050 g/mol. The fourth-order valence-corrected chi connectivity index (χ4v) is 7.36. The number of carbonyl (C=O) groups excluding carboxylic acids is 10. The van der Waals surface area contributed by atoms with Gasteiger partial charge in [-0.25, -0.2) is 14.4 Å². The largest absolute Gasteiger partial charge is 0.445 e. The summed E-state index contributed by atoms with van der Waals surface area (Å²) < 4.78 is 10.6. The highest BCUT2D eigenvalue weighted by molar-refractivity contribution is 6.13. The van der Waals surface area contributed by atoms with Gasteiger partial charge in [0.05, 0.1) is 11.4 Å². The summed E-state index contributed by atoms with van der Waals surface area (Å²) in [5.74, 6) is -3.47. The van der Waals surface area contributed by atoms with Crippen molar-refractivity contribution in [2.75, 3.05) is 35.6 Å². The van der Waals surface area contributed by atoms with Gasteiger partial charge >= 0.3 is 18.2 Å². The van der Waals surface area contributed by atoms with Crippen molar-refractivity contribution >= 4 is 76.6 Å². The van der Waals surface area contributed by atoms with Crippen molar-refractivity contribution in [2.45, 2.75) is 90.6 Å². The number of hydrogen-bond acceptors (Lipinski definition) is 13. The molecule has 1 aliphatic rings. The van der Waals surface area contributed by atoms with E-state index in [0.29, 0.717) is 41.8 Å². The second kappa shape index (κ2) is 30.1. The number of unbranched alkanes of at least 4 members (excludes halogenated alkanes) is 2. The summed E-state index contributed by atoms with van der Waals surface area (Å²) in [6.07, 6.45) is 6.28. The highest BCUT2D eigenvalue weighted by Gasteiger charge is 2.29. The van der Waals surface area contributed by atoms with Gasteiger partial charge in [-0.3, -0.25) is 48.8 Å². The van der Waals surface area contributed by atoms with Gasteiger partial charge in [-0.15, -0.1) is 0 Å². The maximum absolute atomic E-state index is 13.6. The van der Waals surface area contributed by atoms with Crippen LogP contribution in [0.4, 0.5) is 31.4 Å². The van der Waals surface area contributed by atoms with Gasteiger partial charge in [-0.2, -0.15) is 0 Å². The molecule has 23 heteroatoms. The van der Waals surface area contributed by atoms with Gasteiger partial charge in [-0.1, -0.05) is 62.7 Å². The zero-order chi connectivity index (χ0) is 54.8. The van der Waals surface area contributed by atoms with E-state index in [0.717, 1.165) is 16.0 Å². The molecule has 23 nitrogen and oxygen atoms in total. The number of hydrogen-bond donors (Lipinski definition) is 9. The fourth-order valence-electron chi connectivity index (χ4n) is 7.36. The van der Waals surface area contributed by atoms with Gasteiger partial charge in [0.2, 0.25) is 23.6 Å². The minimum atomic E-state index is -1.09. The molecule has 0 spiro atoms. The van der Waals surface area contributed by atoms with Crippen LogP contribution in [0.25, 0.3) is 0 Å². The van der Waals surface area contributed by atoms with Gasteiger partial charge in [0, 0.05) is 80.4 Å². The van der Waals surface area contributed by atoms with Crippen LogP contribution >= 0.6 is 0 Å². The molecule has 76 heavy (non-hydrogen) atoms. The summed E-state index contributed by atoms with van der Waals surface area (Å²) in [5, 5.41) is 21.5. The van der Waals surface area contributed by atoms with Gasteiger partial charge in [0.1, 0.15) is 25.3 Å². The summed E-state index contributed by atoms with van der Waals surface area (Å²) in [6, 6.07) is 20.2. The van der Waals surface area contributed by atoms with Crippen LogP contribution in [0.5, 0.6) is 0 Å². The Labute approximate surface area is 438 Å². The molecule has 1 unspecified atom stereocenters. The Hall–Kier alpha value is -9.15. The highest BCUT2D eigenvalue weighted by atomic mass is 16.6. The molecular formula is C53H63N11O12. The van der Waals surface area contributed by atoms with E-state index in [1.165, 1.54) is 12.2 Å². The van der Waals surface area contributed by atoms with Crippen molar-refractivity contribution in [2.24, 2.45) is 11.7 Å². The van der Waals surface area contributed by atoms with Crippen LogP contribution in [-0.4, -0.2) is 101 Å². The quantitative estimate of drug-likeness (QED) is 0.0280. The Kier molecular flexibility index (Phi) is 22.9. The number of aromatic nitrogens is 1. The molecule has 5 rings (SSSR count). The molecule has 0 radical (unpaired) electrons. The number of carbonyl (C=O) groups is 10. The van der Waals surface area contributed by atoms with Crippen LogP contribution in [0.2, 0.25) is 0 Å². The Morgan fingerprint density at radius 1 is 0.618 bits per heavy atom. The van der Waals surface area contributed by atoms with Gasteiger partial charge < -0.3 is 52.4 Å². The zero-order valence-corrected chi connectivity index (χ0v) is 42.2. The highest BCUT2D eigenvalue weighted by Crippen LogP contribution is 2.23. The molecule has 11 amide bonds. The number of anilines is 3. The number of nitrogens with zero attached hydrogens (tertiary/aromatic N) is 2. The summed E-state index contributed by atoms with van der Waals surface area (Å²) in [6.45, 7) is 3.90. The maximum atomic E-state index is 13.6. The minimum Gasteiger partial charge on any atom is -0.445 e. The number of primary amides is 1. The topological polar surface area (TPSA) is 328 Å². The first-order valence-corrected chi connectivity index (χ1v) is 24.6. The number of benzene rings is 3. The summed E-state index contributed by atoms with van der Waals surface area (Å²) >= 11 is 0. The predicted molar refractivity (Wildman–Crippen MR) is 278 cm³/mol. The van der Waals surface area contributed by atoms with E-state index in [1.807, 2.05) is 0 Å². The Morgan fingerprint density at radius 2 is 1.26 bits per heavy atom. The molecule has 1 aromatic heterocycles. The van der Waals surface area contributed by atoms with Crippen LogP contribution in [0.1, 0.15) is 85.8 Å².